The molecule has 110 valence electrons. The molecular weight excluding hydrogens is 246 g/mol. The molecule has 0 aromatic carbocycles. The summed E-state index contributed by atoms with van der Waals surface area (Å²) >= 11 is 0. The van der Waals surface area contributed by atoms with Gasteiger partial charge in [-0.1, -0.05) is 13.8 Å². The maximum absolute atomic E-state index is 12.0. The third-order valence-corrected chi connectivity index (χ3v) is 4.63. The third kappa shape index (κ3) is 3.93. The number of carboxylic acid groups (broad SMARTS) is 1. The highest BCUT2D eigenvalue weighted by atomic mass is 16.4. The summed E-state index contributed by atoms with van der Waals surface area (Å²) in [4.78, 5) is 22.9. The van der Waals surface area contributed by atoms with Crippen LogP contribution in [0.25, 0.3) is 0 Å². The van der Waals surface area contributed by atoms with Crippen LogP contribution in [-0.2, 0) is 9.59 Å². The van der Waals surface area contributed by atoms with Gasteiger partial charge in [-0.15, -0.1) is 0 Å². The van der Waals surface area contributed by atoms with Gasteiger partial charge in [-0.2, -0.15) is 0 Å². The molecule has 0 aromatic rings. The Kier molecular flexibility index (Phi) is 5.79. The Balaban J connectivity index is 2.46. The lowest BCUT2D eigenvalue weighted by Crippen LogP contribution is -2.41. The van der Waals surface area contributed by atoms with Crippen molar-refractivity contribution in [1.29, 1.82) is 0 Å². The topological polar surface area (TPSA) is 86.6 Å². The summed E-state index contributed by atoms with van der Waals surface area (Å²) in [7, 11) is 0. The van der Waals surface area contributed by atoms with E-state index >= 15 is 0 Å². The van der Waals surface area contributed by atoms with Gasteiger partial charge in [-0.05, 0) is 32.1 Å². The summed E-state index contributed by atoms with van der Waals surface area (Å²) in [5, 5.41) is 21.2. The highest BCUT2D eigenvalue weighted by Crippen LogP contribution is 2.31. The Morgan fingerprint density at radius 2 is 1.79 bits per heavy atom. The van der Waals surface area contributed by atoms with E-state index in [1.165, 1.54) is 0 Å². The number of carboxylic acids is 1. The van der Waals surface area contributed by atoms with Crippen LogP contribution in [0.4, 0.5) is 0 Å². The van der Waals surface area contributed by atoms with E-state index in [0.717, 1.165) is 12.8 Å². The average Bonchev–Trinajstić information content (AvgIpc) is 2.90. The van der Waals surface area contributed by atoms with Crippen LogP contribution in [0.15, 0.2) is 0 Å². The zero-order valence-corrected chi connectivity index (χ0v) is 11.8. The summed E-state index contributed by atoms with van der Waals surface area (Å²) in [5.41, 5.74) is -0.250. The van der Waals surface area contributed by atoms with Crippen molar-refractivity contribution in [3.05, 3.63) is 0 Å². The van der Waals surface area contributed by atoms with Gasteiger partial charge < -0.3 is 15.5 Å². The van der Waals surface area contributed by atoms with Crippen molar-refractivity contribution in [3.8, 4) is 0 Å². The second kappa shape index (κ2) is 6.89. The maximum Gasteiger partial charge on any atom is 0.306 e. The standard InChI is InChI=1S/C14H25NO4/c1-3-14(4-2,9-16)8-15-12(17)10-5-6-11(7-10)13(18)19/h10-11,16H,3-9H2,1-2H3,(H,15,17)(H,18,19)/t10-,11+/m1/s1. The minimum absolute atomic E-state index is 0.0582. The molecule has 0 radical (unpaired) electrons. The molecule has 1 saturated carbocycles. The van der Waals surface area contributed by atoms with Crippen LogP contribution >= 0.6 is 0 Å². The van der Waals surface area contributed by atoms with Crippen molar-refractivity contribution >= 4 is 11.9 Å². The summed E-state index contributed by atoms with van der Waals surface area (Å²) in [6.45, 7) is 4.52. The number of carbonyl (C=O) groups is 2. The fourth-order valence-electron chi connectivity index (χ4n) is 2.64. The Labute approximate surface area is 114 Å². The van der Waals surface area contributed by atoms with Gasteiger partial charge in [0.25, 0.3) is 0 Å². The van der Waals surface area contributed by atoms with Crippen molar-refractivity contribution in [1.82, 2.24) is 5.32 Å². The van der Waals surface area contributed by atoms with E-state index in [9.17, 15) is 14.7 Å². The van der Waals surface area contributed by atoms with E-state index in [-0.39, 0.29) is 29.8 Å². The molecule has 1 aliphatic carbocycles. The SMILES string of the molecule is CCC(CC)(CO)CNC(=O)[C@@H]1CC[C@H](C(=O)O)C1. The van der Waals surface area contributed by atoms with Crippen LogP contribution in [-0.4, -0.2) is 35.2 Å². The third-order valence-electron chi connectivity index (χ3n) is 4.63. The van der Waals surface area contributed by atoms with Crippen LogP contribution in [0.2, 0.25) is 0 Å². The number of rotatable bonds is 7. The highest BCUT2D eigenvalue weighted by Gasteiger charge is 2.34. The number of aliphatic hydroxyl groups is 1. The number of nitrogens with one attached hydrogen (secondary N) is 1. The molecule has 2 atom stereocenters. The Morgan fingerprint density at radius 3 is 2.21 bits per heavy atom. The van der Waals surface area contributed by atoms with Gasteiger partial charge in [0.2, 0.25) is 5.91 Å². The number of hydrogen-bond donors (Lipinski definition) is 3. The lowest BCUT2D eigenvalue weighted by molar-refractivity contribution is -0.141. The van der Waals surface area contributed by atoms with E-state index in [2.05, 4.69) is 5.32 Å². The summed E-state index contributed by atoms with van der Waals surface area (Å²) in [6.07, 6.45) is 3.28. The first-order chi connectivity index (χ1) is 8.98. The summed E-state index contributed by atoms with van der Waals surface area (Å²) in [6, 6.07) is 0. The molecule has 0 saturated heterocycles. The van der Waals surface area contributed by atoms with Crippen LogP contribution < -0.4 is 5.32 Å². The van der Waals surface area contributed by atoms with Crippen LogP contribution in [0, 0.1) is 17.3 Å². The molecule has 1 fully saturated rings. The molecule has 1 rings (SSSR count). The second-order valence-corrected chi connectivity index (χ2v) is 5.63. The van der Waals surface area contributed by atoms with Gasteiger partial charge in [0.05, 0.1) is 12.5 Å². The number of aliphatic hydroxyl groups excluding tert-OH is 1. The van der Waals surface area contributed by atoms with Crippen molar-refractivity contribution in [2.75, 3.05) is 13.2 Å². The zero-order valence-electron chi connectivity index (χ0n) is 11.8. The Bertz CT molecular complexity index is 317. The normalized spacial score (nSPS) is 23.3. The van der Waals surface area contributed by atoms with E-state index in [4.69, 9.17) is 5.11 Å². The van der Waals surface area contributed by atoms with Crippen molar-refractivity contribution < 1.29 is 19.8 Å². The van der Waals surface area contributed by atoms with Crippen LogP contribution in [0.5, 0.6) is 0 Å². The molecular formula is C14H25NO4. The lowest BCUT2D eigenvalue weighted by atomic mass is 9.83. The van der Waals surface area contributed by atoms with Crippen molar-refractivity contribution in [2.24, 2.45) is 17.3 Å². The van der Waals surface area contributed by atoms with Crippen molar-refractivity contribution in [3.63, 3.8) is 0 Å². The van der Waals surface area contributed by atoms with E-state index in [0.29, 0.717) is 25.8 Å². The maximum atomic E-state index is 12.0. The second-order valence-electron chi connectivity index (χ2n) is 5.63. The molecule has 0 spiro atoms. The molecule has 1 amide bonds. The van der Waals surface area contributed by atoms with E-state index in [1.807, 2.05) is 13.8 Å². The Hall–Kier alpha value is -1.10. The molecule has 5 nitrogen and oxygen atoms in total. The predicted molar refractivity (Wildman–Crippen MR) is 71.6 cm³/mol. The molecule has 0 heterocycles. The van der Waals surface area contributed by atoms with Gasteiger partial charge >= 0.3 is 5.97 Å². The molecule has 0 aromatic heterocycles. The minimum Gasteiger partial charge on any atom is -0.481 e. The van der Waals surface area contributed by atoms with Crippen LogP contribution in [0.1, 0.15) is 46.0 Å². The largest absolute Gasteiger partial charge is 0.481 e. The summed E-state index contributed by atoms with van der Waals surface area (Å²) in [5.74, 6) is -1.44. The zero-order chi connectivity index (χ0) is 14.5. The molecule has 0 bridgehead atoms. The fraction of sp³-hybridized carbons (Fsp3) is 0.857. The van der Waals surface area contributed by atoms with Gasteiger partial charge in [-0.3, -0.25) is 9.59 Å². The molecule has 3 N–H and O–H groups in total. The first kappa shape index (κ1) is 16.0. The lowest BCUT2D eigenvalue weighted by Gasteiger charge is -2.30. The van der Waals surface area contributed by atoms with E-state index in [1.54, 1.807) is 0 Å². The number of aliphatic carboxylic acids is 1. The smallest absolute Gasteiger partial charge is 0.306 e. The molecule has 19 heavy (non-hydrogen) atoms. The first-order valence-corrected chi connectivity index (χ1v) is 7.09. The van der Waals surface area contributed by atoms with Crippen molar-refractivity contribution in [2.45, 2.75) is 46.0 Å². The minimum atomic E-state index is -0.804. The predicted octanol–water partition coefficient (Wildman–Crippen LogP) is 1.40. The van der Waals surface area contributed by atoms with Gasteiger partial charge in [0.1, 0.15) is 0 Å². The summed E-state index contributed by atoms with van der Waals surface area (Å²) < 4.78 is 0. The number of amides is 1. The number of hydrogen-bond acceptors (Lipinski definition) is 3. The quantitative estimate of drug-likeness (QED) is 0.653. The van der Waals surface area contributed by atoms with Gasteiger partial charge in [-0.25, -0.2) is 0 Å². The Morgan fingerprint density at radius 1 is 1.21 bits per heavy atom. The van der Waals surface area contributed by atoms with Gasteiger partial charge in [0.15, 0.2) is 0 Å². The molecule has 0 aliphatic heterocycles. The first-order valence-electron chi connectivity index (χ1n) is 7.09. The van der Waals surface area contributed by atoms with Gasteiger partial charge in [0, 0.05) is 17.9 Å². The monoisotopic (exact) mass is 271 g/mol. The fourth-order valence-corrected chi connectivity index (χ4v) is 2.64. The number of carbonyl (C=O) groups excluding carboxylic acids is 1. The van der Waals surface area contributed by atoms with E-state index < -0.39 is 5.97 Å². The molecule has 0 unspecified atom stereocenters. The molecule has 1 aliphatic rings. The average molecular weight is 271 g/mol. The van der Waals surface area contributed by atoms with Crippen LogP contribution in [0.3, 0.4) is 0 Å². The highest BCUT2D eigenvalue weighted by molar-refractivity contribution is 5.80. The molecule has 5 heteroatoms.